The maximum atomic E-state index is 13.4. The minimum absolute atomic E-state index is 0.0488. The molecule has 0 bridgehead atoms. The minimum atomic E-state index is -0.0488. The van der Waals surface area contributed by atoms with Crippen LogP contribution in [0.1, 0.15) is 54.0 Å². The van der Waals surface area contributed by atoms with Gasteiger partial charge in [-0.25, -0.2) is 4.98 Å². The molecule has 1 heterocycles. The summed E-state index contributed by atoms with van der Waals surface area (Å²) < 4.78 is 7.61. The lowest BCUT2D eigenvalue weighted by atomic mass is 9.81. The van der Waals surface area contributed by atoms with Gasteiger partial charge in [0.25, 0.3) is 0 Å². The van der Waals surface area contributed by atoms with Gasteiger partial charge in [0.15, 0.2) is 5.78 Å². The molecule has 3 rings (SSSR count). The van der Waals surface area contributed by atoms with E-state index in [-0.39, 0.29) is 17.6 Å². The van der Waals surface area contributed by atoms with Crippen LogP contribution < -0.4 is 4.74 Å². The van der Waals surface area contributed by atoms with Crippen molar-refractivity contribution in [2.45, 2.75) is 53.0 Å². The molecule has 4 nitrogen and oxygen atoms in total. The lowest BCUT2D eigenvalue weighted by Crippen LogP contribution is -2.27. The van der Waals surface area contributed by atoms with Gasteiger partial charge >= 0.3 is 0 Å². The first-order valence-corrected chi connectivity index (χ1v) is 9.23. The Kier molecular flexibility index (Phi) is 5.26. The third-order valence-corrected chi connectivity index (χ3v) is 5.44. The number of Topliss-reactive ketones (excluding diaryl/α,β-unsaturated/α-hetero) is 1. The summed E-state index contributed by atoms with van der Waals surface area (Å²) in [5.74, 6) is 2.36. The average Bonchev–Trinajstić information content (AvgIpc) is 3.02. The summed E-state index contributed by atoms with van der Waals surface area (Å²) in [4.78, 5) is 17.7. The second-order valence-corrected chi connectivity index (χ2v) is 7.32. The maximum Gasteiger partial charge on any atom is 0.168 e. The molecule has 0 amide bonds. The molecular weight excluding hydrogens is 312 g/mol. The molecule has 0 saturated heterocycles. The number of nitrogens with zero attached hydrogens (tertiary/aromatic N) is 2. The zero-order valence-electron chi connectivity index (χ0n) is 15.7. The number of ketones is 1. The van der Waals surface area contributed by atoms with E-state index in [2.05, 4.69) is 23.4 Å². The number of carbonyl (C=O) groups excluding carboxylic acids is 1. The van der Waals surface area contributed by atoms with Crippen molar-refractivity contribution in [3.05, 3.63) is 47.0 Å². The van der Waals surface area contributed by atoms with Crippen molar-refractivity contribution >= 4 is 5.78 Å². The Bertz CT molecular complexity index is 761. The predicted molar refractivity (Wildman–Crippen MR) is 99.3 cm³/mol. The number of imidazole rings is 1. The van der Waals surface area contributed by atoms with Gasteiger partial charge in [-0.3, -0.25) is 4.79 Å². The molecule has 0 spiro atoms. The summed E-state index contributed by atoms with van der Waals surface area (Å²) >= 11 is 0. The molecule has 1 unspecified atom stereocenters. The third-order valence-electron chi connectivity index (χ3n) is 5.44. The highest BCUT2D eigenvalue weighted by Crippen LogP contribution is 2.34. The molecule has 1 aromatic carbocycles. The SMILES string of the molecule is COc1ccc(C(=O)C(Cn2ccnc2C)C(C)C)c2c1CCCC2. The van der Waals surface area contributed by atoms with E-state index in [0.717, 1.165) is 36.4 Å². The van der Waals surface area contributed by atoms with Gasteiger partial charge in [-0.2, -0.15) is 0 Å². The Balaban J connectivity index is 1.96. The number of aryl methyl sites for hydroxylation is 1. The smallest absolute Gasteiger partial charge is 0.168 e. The van der Waals surface area contributed by atoms with Crippen LogP contribution in [-0.4, -0.2) is 22.4 Å². The molecule has 1 aliphatic carbocycles. The number of aromatic nitrogens is 2. The number of fused-ring (bicyclic) bond motifs is 1. The molecule has 1 aliphatic rings. The fourth-order valence-electron chi connectivity index (χ4n) is 3.86. The van der Waals surface area contributed by atoms with Gasteiger partial charge in [0, 0.05) is 30.4 Å². The van der Waals surface area contributed by atoms with Crippen molar-refractivity contribution < 1.29 is 9.53 Å². The molecule has 0 N–H and O–H groups in total. The van der Waals surface area contributed by atoms with Crippen LogP contribution in [0.4, 0.5) is 0 Å². The van der Waals surface area contributed by atoms with Crippen molar-refractivity contribution in [1.29, 1.82) is 0 Å². The van der Waals surface area contributed by atoms with Gasteiger partial charge in [0.05, 0.1) is 7.11 Å². The van der Waals surface area contributed by atoms with E-state index in [4.69, 9.17) is 4.74 Å². The Labute approximate surface area is 150 Å². The lowest BCUT2D eigenvalue weighted by Gasteiger charge is -2.25. The minimum Gasteiger partial charge on any atom is -0.496 e. The van der Waals surface area contributed by atoms with E-state index in [9.17, 15) is 4.79 Å². The first-order chi connectivity index (χ1) is 12.0. The Morgan fingerprint density at radius 3 is 2.56 bits per heavy atom. The summed E-state index contributed by atoms with van der Waals surface area (Å²) in [6.45, 7) is 6.93. The van der Waals surface area contributed by atoms with Crippen LogP contribution in [0.15, 0.2) is 24.5 Å². The number of benzene rings is 1. The molecule has 25 heavy (non-hydrogen) atoms. The summed E-state index contributed by atoms with van der Waals surface area (Å²) in [6.07, 6.45) is 8.05. The van der Waals surface area contributed by atoms with E-state index in [1.807, 2.05) is 25.3 Å². The number of rotatable bonds is 6. The molecule has 1 atom stereocenters. The highest BCUT2D eigenvalue weighted by molar-refractivity contribution is 6.00. The summed E-state index contributed by atoms with van der Waals surface area (Å²) in [5.41, 5.74) is 3.34. The average molecular weight is 340 g/mol. The Morgan fingerprint density at radius 2 is 1.96 bits per heavy atom. The maximum absolute atomic E-state index is 13.4. The standard InChI is InChI=1S/C21H28N2O2/c1-14(2)19(13-23-12-11-22-15(23)3)21(24)18-9-10-20(25-4)17-8-6-5-7-16(17)18/h9-12,14,19H,5-8,13H2,1-4H3. The molecule has 134 valence electrons. The summed E-state index contributed by atoms with van der Waals surface area (Å²) in [7, 11) is 1.71. The molecular formula is C21H28N2O2. The molecule has 0 radical (unpaired) electrons. The van der Waals surface area contributed by atoms with Gasteiger partial charge in [-0.05, 0) is 61.8 Å². The Hall–Kier alpha value is -2.10. The van der Waals surface area contributed by atoms with Crippen LogP contribution in [0.3, 0.4) is 0 Å². The van der Waals surface area contributed by atoms with Crippen molar-refractivity contribution in [3.63, 3.8) is 0 Å². The normalized spacial score (nSPS) is 15.1. The van der Waals surface area contributed by atoms with E-state index in [1.165, 1.54) is 17.5 Å². The van der Waals surface area contributed by atoms with E-state index in [0.29, 0.717) is 6.54 Å². The van der Waals surface area contributed by atoms with Gasteiger partial charge in [-0.15, -0.1) is 0 Å². The molecule has 2 aromatic rings. The summed E-state index contributed by atoms with van der Waals surface area (Å²) in [6, 6.07) is 3.94. The van der Waals surface area contributed by atoms with E-state index >= 15 is 0 Å². The van der Waals surface area contributed by atoms with Crippen molar-refractivity contribution in [2.24, 2.45) is 11.8 Å². The van der Waals surface area contributed by atoms with Gasteiger partial charge in [-0.1, -0.05) is 13.8 Å². The van der Waals surface area contributed by atoms with Crippen molar-refractivity contribution in [2.75, 3.05) is 7.11 Å². The van der Waals surface area contributed by atoms with Crippen LogP contribution >= 0.6 is 0 Å². The zero-order valence-corrected chi connectivity index (χ0v) is 15.7. The van der Waals surface area contributed by atoms with Gasteiger partial charge in [0.2, 0.25) is 0 Å². The first kappa shape index (κ1) is 17.7. The predicted octanol–water partition coefficient (Wildman–Crippen LogP) is 4.23. The number of carbonyl (C=O) groups is 1. The highest BCUT2D eigenvalue weighted by atomic mass is 16.5. The largest absolute Gasteiger partial charge is 0.496 e. The lowest BCUT2D eigenvalue weighted by molar-refractivity contribution is 0.0866. The highest BCUT2D eigenvalue weighted by Gasteiger charge is 2.28. The zero-order chi connectivity index (χ0) is 18.0. The van der Waals surface area contributed by atoms with Gasteiger partial charge < -0.3 is 9.30 Å². The third kappa shape index (κ3) is 3.48. The quantitative estimate of drug-likeness (QED) is 0.739. The van der Waals surface area contributed by atoms with Crippen molar-refractivity contribution in [1.82, 2.24) is 9.55 Å². The number of hydrogen-bond donors (Lipinski definition) is 0. The topological polar surface area (TPSA) is 44.1 Å². The molecule has 0 saturated carbocycles. The first-order valence-electron chi connectivity index (χ1n) is 9.23. The monoisotopic (exact) mass is 340 g/mol. The fourth-order valence-corrected chi connectivity index (χ4v) is 3.86. The second kappa shape index (κ2) is 7.42. The van der Waals surface area contributed by atoms with Crippen LogP contribution in [0.2, 0.25) is 0 Å². The molecule has 0 aliphatic heterocycles. The number of hydrogen-bond acceptors (Lipinski definition) is 3. The van der Waals surface area contributed by atoms with E-state index in [1.54, 1.807) is 13.3 Å². The van der Waals surface area contributed by atoms with Crippen molar-refractivity contribution in [3.8, 4) is 5.75 Å². The van der Waals surface area contributed by atoms with E-state index < -0.39 is 0 Å². The van der Waals surface area contributed by atoms with Crippen LogP contribution in [0.5, 0.6) is 5.75 Å². The molecule has 1 aromatic heterocycles. The summed E-state index contributed by atoms with van der Waals surface area (Å²) in [5, 5.41) is 0. The van der Waals surface area contributed by atoms with Crippen LogP contribution in [-0.2, 0) is 19.4 Å². The Morgan fingerprint density at radius 1 is 1.24 bits per heavy atom. The van der Waals surface area contributed by atoms with Gasteiger partial charge in [0.1, 0.15) is 11.6 Å². The number of ether oxygens (including phenoxy) is 1. The van der Waals surface area contributed by atoms with Crippen LogP contribution in [0, 0.1) is 18.8 Å². The second-order valence-electron chi connectivity index (χ2n) is 7.32. The fraction of sp³-hybridized carbons (Fsp3) is 0.524. The molecule has 4 heteroatoms. The van der Waals surface area contributed by atoms with Crippen LogP contribution in [0.25, 0.3) is 0 Å². The number of methoxy groups -OCH3 is 1. The molecule has 0 fully saturated rings.